The molecule has 1 atom stereocenters. The summed E-state index contributed by atoms with van der Waals surface area (Å²) in [5.41, 5.74) is 2.58. The van der Waals surface area contributed by atoms with Crippen LogP contribution in [0.4, 0.5) is 0 Å². The van der Waals surface area contributed by atoms with E-state index in [2.05, 4.69) is 25.1 Å². The molecule has 14 heavy (non-hydrogen) atoms. The minimum atomic E-state index is -2.36. The van der Waals surface area contributed by atoms with Crippen LogP contribution < -0.4 is 9.88 Å². The molecule has 5 heteroatoms. The van der Waals surface area contributed by atoms with Crippen molar-refractivity contribution < 1.29 is 13.5 Å². The lowest BCUT2D eigenvalue weighted by Gasteiger charge is -2.02. The second-order valence-electron chi connectivity index (χ2n) is 2.71. The molecule has 2 N–H and O–H groups in total. The second kappa shape index (κ2) is 6.53. The standard InChI is InChI=1S/C9H12O.H3NO2S/c1-7-4-5-9(10-3)6-8(7)2;1-4(2)3/h4-6H,1-3H3;1H2,(H,2,3)/p-1. The molecule has 4 nitrogen and oxygen atoms in total. The molecule has 80 valence electrons. The molecule has 0 aliphatic heterocycles. The molecular formula is C9H14NO3S-. The van der Waals surface area contributed by atoms with Gasteiger partial charge in [-0.25, -0.2) is 0 Å². The number of hydrogen-bond acceptors (Lipinski definition) is 3. The Bertz CT molecular complexity index is 311. The van der Waals surface area contributed by atoms with Gasteiger partial charge < -0.3 is 9.29 Å². The molecule has 0 aliphatic rings. The van der Waals surface area contributed by atoms with Gasteiger partial charge in [0.05, 0.1) is 7.11 Å². The number of benzene rings is 1. The van der Waals surface area contributed by atoms with Gasteiger partial charge in [-0.15, -0.1) is 0 Å². The number of ether oxygens (including phenoxy) is 1. The molecule has 0 amide bonds. The molecule has 0 spiro atoms. The Kier molecular flexibility index (Phi) is 6.11. The van der Waals surface area contributed by atoms with Gasteiger partial charge in [0.25, 0.3) is 0 Å². The van der Waals surface area contributed by atoms with Gasteiger partial charge in [-0.2, -0.15) is 0 Å². The van der Waals surface area contributed by atoms with Crippen molar-refractivity contribution in [3.8, 4) is 5.75 Å². The van der Waals surface area contributed by atoms with Gasteiger partial charge in [-0.05, 0) is 37.1 Å². The SMILES string of the molecule is COc1ccc(C)c(C)c1.NS(=O)[O-]. The van der Waals surface area contributed by atoms with Gasteiger partial charge in [0.1, 0.15) is 5.75 Å². The molecule has 0 aromatic heterocycles. The summed E-state index contributed by atoms with van der Waals surface area (Å²) in [6, 6.07) is 6.08. The van der Waals surface area contributed by atoms with E-state index < -0.39 is 11.3 Å². The van der Waals surface area contributed by atoms with E-state index in [0.717, 1.165) is 5.75 Å². The summed E-state index contributed by atoms with van der Waals surface area (Å²) in [4.78, 5) is 0. The van der Waals surface area contributed by atoms with Crippen LogP contribution in [0.25, 0.3) is 0 Å². The minimum Gasteiger partial charge on any atom is -0.760 e. The van der Waals surface area contributed by atoms with E-state index in [-0.39, 0.29) is 0 Å². The fourth-order valence-corrected chi connectivity index (χ4v) is 0.841. The Labute approximate surface area is 86.5 Å². The van der Waals surface area contributed by atoms with E-state index in [9.17, 15) is 0 Å². The monoisotopic (exact) mass is 216 g/mol. The maximum atomic E-state index is 8.78. The van der Waals surface area contributed by atoms with Crippen molar-refractivity contribution in [3.05, 3.63) is 29.3 Å². The van der Waals surface area contributed by atoms with Crippen LogP contribution in [0.5, 0.6) is 5.75 Å². The van der Waals surface area contributed by atoms with E-state index in [0.29, 0.717) is 0 Å². The van der Waals surface area contributed by atoms with Crippen LogP contribution in [0.2, 0.25) is 0 Å². The summed E-state index contributed by atoms with van der Waals surface area (Å²) in [5, 5.41) is 4.03. The molecule has 1 unspecified atom stereocenters. The minimum absolute atomic E-state index is 0.933. The number of nitrogens with two attached hydrogens (primary N) is 1. The van der Waals surface area contributed by atoms with Gasteiger partial charge in [0.2, 0.25) is 0 Å². The smallest absolute Gasteiger partial charge is 0.119 e. The largest absolute Gasteiger partial charge is 0.760 e. The zero-order valence-corrected chi connectivity index (χ0v) is 9.26. The van der Waals surface area contributed by atoms with E-state index in [1.54, 1.807) is 7.11 Å². The molecule has 1 aromatic carbocycles. The van der Waals surface area contributed by atoms with E-state index in [1.807, 2.05) is 12.1 Å². The summed E-state index contributed by atoms with van der Waals surface area (Å²) in [6.07, 6.45) is 0. The van der Waals surface area contributed by atoms with E-state index in [4.69, 9.17) is 13.5 Å². The van der Waals surface area contributed by atoms with Gasteiger partial charge >= 0.3 is 0 Å². The first-order chi connectivity index (χ1) is 6.47. The molecule has 0 heterocycles. The van der Waals surface area contributed by atoms with Crippen molar-refractivity contribution in [3.63, 3.8) is 0 Å². The van der Waals surface area contributed by atoms with Gasteiger partial charge in [-0.3, -0.25) is 9.35 Å². The summed E-state index contributed by atoms with van der Waals surface area (Å²) in [5.74, 6) is 0.933. The predicted octanol–water partition coefficient (Wildman–Crippen LogP) is 1.05. The topological polar surface area (TPSA) is 75.4 Å². The van der Waals surface area contributed by atoms with Crippen LogP contribution in [0.1, 0.15) is 11.1 Å². The Morgan fingerprint density at radius 3 is 2.21 bits per heavy atom. The highest BCUT2D eigenvalue weighted by Crippen LogP contribution is 2.15. The fourth-order valence-electron chi connectivity index (χ4n) is 0.841. The molecule has 0 saturated carbocycles. The molecule has 0 aliphatic carbocycles. The number of hydrogen-bond donors (Lipinski definition) is 1. The first-order valence-corrected chi connectivity index (χ1v) is 5.06. The first kappa shape index (κ1) is 13.1. The third kappa shape index (κ3) is 5.69. The number of rotatable bonds is 1. The average molecular weight is 216 g/mol. The summed E-state index contributed by atoms with van der Waals surface area (Å²) < 4.78 is 22.6. The highest BCUT2D eigenvalue weighted by atomic mass is 32.2. The zero-order valence-electron chi connectivity index (χ0n) is 8.44. The summed E-state index contributed by atoms with van der Waals surface area (Å²) in [6.45, 7) is 4.17. The number of aryl methyl sites for hydroxylation is 2. The maximum absolute atomic E-state index is 8.78. The maximum Gasteiger partial charge on any atom is 0.119 e. The van der Waals surface area contributed by atoms with Crippen LogP contribution in [0, 0.1) is 13.8 Å². The van der Waals surface area contributed by atoms with Gasteiger partial charge in [-0.1, -0.05) is 6.07 Å². The highest BCUT2D eigenvalue weighted by Gasteiger charge is 1.93. The molecule has 0 bridgehead atoms. The average Bonchev–Trinajstić information content (AvgIpc) is 2.09. The Hall–Kier alpha value is -0.910. The van der Waals surface area contributed by atoms with Crippen LogP contribution >= 0.6 is 0 Å². The lowest BCUT2D eigenvalue weighted by Crippen LogP contribution is -1.97. The molecule has 0 radical (unpaired) electrons. The highest BCUT2D eigenvalue weighted by molar-refractivity contribution is 7.76. The predicted molar refractivity (Wildman–Crippen MR) is 55.6 cm³/mol. The van der Waals surface area contributed by atoms with Crippen LogP contribution in [-0.4, -0.2) is 15.9 Å². The van der Waals surface area contributed by atoms with Crippen LogP contribution in [0.3, 0.4) is 0 Å². The van der Waals surface area contributed by atoms with E-state index >= 15 is 0 Å². The van der Waals surface area contributed by atoms with Gasteiger partial charge in [0.15, 0.2) is 0 Å². The van der Waals surface area contributed by atoms with Gasteiger partial charge in [0, 0.05) is 11.3 Å². The zero-order chi connectivity index (χ0) is 11.1. The molecule has 0 fully saturated rings. The second-order valence-corrected chi connectivity index (χ2v) is 3.23. The van der Waals surface area contributed by atoms with Crippen LogP contribution in [-0.2, 0) is 11.3 Å². The fraction of sp³-hybridized carbons (Fsp3) is 0.333. The summed E-state index contributed by atoms with van der Waals surface area (Å²) >= 11 is -2.36. The lowest BCUT2D eigenvalue weighted by molar-refractivity contribution is 0.414. The van der Waals surface area contributed by atoms with Crippen molar-refractivity contribution in [2.24, 2.45) is 5.14 Å². The first-order valence-electron chi connectivity index (χ1n) is 3.92. The number of methoxy groups -OCH3 is 1. The van der Waals surface area contributed by atoms with Crippen molar-refractivity contribution in [2.75, 3.05) is 7.11 Å². The Balaban J connectivity index is 0.000000364. The molecule has 1 rings (SSSR count). The van der Waals surface area contributed by atoms with Crippen LogP contribution in [0.15, 0.2) is 18.2 Å². The third-order valence-corrected chi connectivity index (χ3v) is 1.71. The Morgan fingerprint density at radius 2 is 1.86 bits per heavy atom. The molecular weight excluding hydrogens is 202 g/mol. The van der Waals surface area contributed by atoms with Crippen molar-refractivity contribution in [1.82, 2.24) is 0 Å². The van der Waals surface area contributed by atoms with E-state index in [1.165, 1.54) is 11.1 Å². The normalized spacial score (nSPS) is 11.2. The third-order valence-electron chi connectivity index (χ3n) is 1.71. The molecule has 0 saturated heterocycles. The van der Waals surface area contributed by atoms with Crippen molar-refractivity contribution in [1.29, 1.82) is 0 Å². The Morgan fingerprint density at radius 1 is 1.36 bits per heavy atom. The summed E-state index contributed by atoms with van der Waals surface area (Å²) in [7, 11) is 1.68. The quantitative estimate of drug-likeness (QED) is 0.713. The molecule has 1 aromatic rings. The van der Waals surface area contributed by atoms with Crippen molar-refractivity contribution >= 4 is 11.3 Å². The lowest BCUT2D eigenvalue weighted by atomic mass is 10.1. The van der Waals surface area contributed by atoms with Crippen molar-refractivity contribution in [2.45, 2.75) is 13.8 Å².